The SMILES string of the molecule is CNC(c1ccc(OC2CC2)cc1)c1ccc(Cl)c(Br)c1. The second-order valence-corrected chi connectivity index (χ2v) is 6.54. The first-order chi connectivity index (χ1) is 10.2. The van der Waals surface area contributed by atoms with Crippen LogP contribution in [0.15, 0.2) is 46.9 Å². The highest BCUT2D eigenvalue weighted by Gasteiger charge is 2.23. The summed E-state index contributed by atoms with van der Waals surface area (Å²) < 4.78 is 6.70. The predicted octanol–water partition coefficient (Wildman–Crippen LogP) is 4.95. The van der Waals surface area contributed by atoms with E-state index in [1.807, 2.05) is 31.3 Å². The van der Waals surface area contributed by atoms with Crippen LogP contribution in [0.4, 0.5) is 0 Å². The van der Waals surface area contributed by atoms with Gasteiger partial charge in [0.15, 0.2) is 0 Å². The fraction of sp³-hybridized carbons (Fsp3) is 0.294. The van der Waals surface area contributed by atoms with Crippen LogP contribution in [0.1, 0.15) is 30.0 Å². The van der Waals surface area contributed by atoms with Crippen molar-refractivity contribution in [2.75, 3.05) is 7.05 Å². The minimum atomic E-state index is 0.133. The van der Waals surface area contributed by atoms with Crippen LogP contribution < -0.4 is 10.1 Å². The van der Waals surface area contributed by atoms with Crippen LogP contribution in [-0.2, 0) is 0 Å². The van der Waals surface area contributed by atoms with E-state index in [9.17, 15) is 0 Å². The van der Waals surface area contributed by atoms with Gasteiger partial charge in [-0.2, -0.15) is 0 Å². The van der Waals surface area contributed by atoms with Crippen molar-refractivity contribution in [3.05, 3.63) is 63.1 Å². The van der Waals surface area contributed by atoms with Gasteiger partial charge in [0.05, 0.1) is 17.2 Å². The number of halogens is 2. The summed E-state index contributed by atoms with van der Waals surface area (Å²) >= 11 is 9.55. The predicted molar refractivity (Wildman–Crippen MR) is 90.1 cm³/mol. The zero-order chi connectivity index (χ0) is 14.8. The lowest BCUT2D eigenvalue weighted by Crippen LogP contribution is -2.17. The molecule has 0 bridgehead atoms. The number of ether oxygens (including phenoxy) is 1. The molecule has 0 aromatic heterocycles. The van der Waals surface area contributed by atoms with Gasteiger partial charge in [-0.25, -0.2) is 0 Å². The average Bonchev–Trinajstić information content (AvgIpc) is 3.29. The van der Waals surface area contributed by atoms with E-state index < -0.39 is 0 Å². The summed E-state index contributed by atoms with van der Waals surface area (Å²) in [6.45, 7) is 0. The lowest BCUT2D eigenvalue weighted by Gasteiger charge is -2.18. The molecule has 0 spiro atoms. The van der Waals surface area contributed by atoms with Crippen molar-refractivity contribution in [2.45, 2.75) is 25.0 Å². The highest BCUT2D eigenvalue weighted by atomic mass is 79.9. The van der Waals surface area contributed by atoms with Gasteiger partial charge in [0.1, 0.15) is 5.75 Å². The van der Waals surface area contributed by atoms with Crippen molar-refractivity contribution in [3.63, 3.8) is 0 Å². The Kier molecular flexibility index (Phi) is 4.53. The average molecular weight is 367 g/mol. The van der Waals surface area contributed by atoms with Gasteiger partial charge in [0, 0.05) is 4.47 Å². The molecular formula is C17H17BrClNO. The van der Waals surface area contributed by atoms with E-state index in [4.69, 9.17) is 16.3 Å². The summed E-state index contributed by atoms with van der Waals surface area (Å²) in [7, 11) is 1.96. The van der Waals surface area contributed by atoms with E-state index in [1.165, 1.54) is 24.0 Å². The Balaban J connectivity index is 1.82. The molecule has 1 aliphatic carbocycles. The molecule has 3 rings (SSSR count). The molecule has 1 atom stereocenters. The van der Waals surface area contributed by atoms with E-state index in [0.717, 1.165) is 15.2 Å². The zero-order valence-electron chi connectivity index (χ0n) is 11.8. The molecular weight excluding hydrogens is 350 g/mol. The van der Waals surface area contributed by atoms with Gasteiger partial charge in [-0.05, 0) is 71.2 Å². The summed E-state index contributed by atoms with van der Waals surface area (Å²) in [6, 6.07) is 14.5. The summed E-state index contributed by atoms with van der Waals surface area (Å²) in [6.07, 6.45) is 2.79. The third-order valence-electron chi connectivity index (χ3n) is 3.61. The van der Waals surface area contributed by atoms with Gasteiger partial charge < -0.3 is 10.1 Å². The number of hydrogen-bond donors (Lipinski definition) is 1. The smallest absolute Gasteiger partial charge is 0.119 e. The fourth-order valence-corrected chi connectivity index (χ4v) is 2.85. The van der Waals surface area contributed by atoms with E-state index in [2.05, 4.69) is 39.4 Å². The van der Waals surface area contributed by atoms with Crippen LogP contribution >= 0.6 is 27.5 Å². The van der Waals surface area contributed by atoms with Gasteiger partial charge in [0.2, 0.25) is 0 Å². The van der Waals surface area contributed by atoms with Crippen molar-refractivity contribution in [1.82, 2.24) is 5.32 Å². The molecule has 4 heteroatoms. The molecule has 110 valence electrons. The van der Waals surface area contributed by atoms with Gasteiger partial charge in [0.25, 0.3) is 0 Å². The van der Waals surface area contributed by atoms with Gasteiger partial charge >= 0.3 is 0 Å². The standard InChI is InChI=1S/C17H17BrClNO/c1-20-17(12-4-9-16(19)15(18)10-12)11-2-5-13(6-3-11)21-14-7-8-14/h2-6,9-10,14,17,20H,7-8H2,1H3. The van der Waals surface area contributed by atoms with Crippen molar-refractivity contribution >= 4 is 27.5 Å². The number of rotatable bonds is 5. The Morgan fingerprint density at radius 2 is 1.81 bits per heavy atom. The van der Waals surface area contributed by atoms with Crippen molar-refractivity contribution in [1.29, 1.82) is 0 Å². The largest absolute Gasteiger partial charge is 0.490 e. The molecule has 2 nitrogen and oxygen atoms in total. The molecule has 0 saturated heterocycles. The van der Waals surface area contributed by atoms with E-state index in [-0.39, 0.29) is 6.04 Å². The van der Waals surface area contributed by atoms with Gasteiger partial charge in [-0.1, -0.05) is 29.8 Å². The topological polar surface area (TPSA) is 21.3 Å². The summed E-state index contributed by atoms with van der Waals surface area (Å²) in [5.41, 5.74) is 2.37. The molecule has 0 amide bonds. The van der Waals surface area contributed by atoms with Crippen molar-refractivity contribution < 1.29 is 4.74 Å². The minimum Gasteiger partial charge on any atom is -0.490 e. The second kappa shape index (κ2) is 6.39. The van der Waals surface area contributed by atoms with Crippen molar-refractivity contribution in [3.8, 4) is 5.75 Å². The third-order valence-corrected chi connectivity index (χ3v) is 4.82. The molecule has 1 aliphatic rings. The van der Waals surface area contributed by atoms with Crippen LogP contribution in [0, 0.1) is 0 Å². The number of benzene rings is 2. The molecule has 21 heavy (non-hydrogen) atoms. The van der Waals surface area contributed by atoms with E-state index >= 15 is 0 Å². The zero-order valence-corrected chi connectivity index (χ0v) is 14.1. The maximum atomic E-state index is 6.07. The van der Waals surface area contributed by atoms with E-state index in [1.54, 1.807) is 0 Å². The highest BCUT2D eigenvalue weighted by Crippen LogP contribution is 2.31. The Bertz CT molecular complexity index is 625. The van der Waals surface area contributed by atoms with Crippen LogP contribution in [0.25, 0.3) is 0 Å². The molecule has 1 saturated carbocycles. The monoisotopic (exact) mass is 365 g/mol. The number of hydrogen-bond acceptors (Lipinski definition) is 2. The molecule has 1 fully saturated rings. The Morgan fingerprint density at radius 3 is 2.38 bits per heavy atom. The molecule has 1 unspecified atom stereocenters. The first-order valence-electron chi connectivity index (χ1n) is 7.06. The maximum Gasteiger partial charge on any atom is 0.119 e. The normalized spacial score (nSPS) is 15.8. The highest BCUT2D eigenvalue weighted by molar-refractivity contribution is 9.10. The lowest BCUT2D eigenvalue weighted by molar-refractivity contribution is 0.303. The summed E-state index contributed by atoms with van der Waals surface area (Å²) in [4.78, 5) is 0. The minimum absolute atomic E-state index is 0.133. The molecule has 1 N–H and O–H groups in total. The Labute approximate surface area is 138 Å². The summed E-state index contributed by atoms with van der Waals surface area (Å²) in [5, 5.41) is 4.07. The molecule has 2 aromatic rings. The molecule has 0 radical (unpaired) electrons. The number of nitrogens with one attached hydrogen (secondary N) is 1. The molecule has 0 aliphatic heterocycles. The first-order valence-corrected chi connectivity index (χ1v) is 8.23. The van der Waals surface area contributed by atoms with E-state index in [0.29, 0.717) is 6.10 Å². The van der Waals surface area contributed by atoms with Crippen LogP contribution in [0.3, 0.4) is 0 Å². The Morgan fingerprint density at radius 1 is 1.14 bits per heavy atom. The quantitative estimate of drug-likeness (QED) is 0.808. The first kappa shape index (κ1) is 14.9. The van der Waals surface area contributed by atoms with Gasteiger partial charge in [-0.15, -0.1) is 0 Å². The lowest BCUT2D eigenvalue weighted by atomic mass is 9.99. The van der Waals surface area contributed by atoms with Gasteiger partial charge in [-0.3, -0.25) is 0 Å². The fourth-order valence-electron chi connectivity index (χ4n) is 2.33. The third kappa shape index (κ3) is 3.60. The van der Waals surface area contributed by atoms with Crippen LogP contribution in [0.5, 0.6) is 5.75 Å². The van der Waals surface area contributed by atoms with Crippen molar-refractivity contribution in [2.24, 2.45) is 0 Å². The molecule has 0 heterocycles. The maximum absolute atomic E-state index is 6.07. The Hall–Kier alpha value is -1.03. The summed E-state index contributed by atoms with van der Waals surface area (Å²) in [5.74, 6) is 0.952. The molecule has 2 aromatic carbocycles. The second-order valence-electron chi connectivity index (χ2n) is 5.28. The van der Waals surface area contributed by atoms with Crippen LogP contribution in [-0.4, -0.2) is 13.2 Å². The van der Waals surface area contributed by atoms with Crippen LogP contribution in [0.2, 0.25) is 5.02 Å².